The summed E-state index contributed by atoms with van der Waals surface area (Å²) in [7, 11) is 0. The number of benzene rings is 1. The molecule has 0 fully saturated rings. The molecule has 0 aliphatic rings. The van der Waals surface area contributed by atoms with Crippen LogP contribution in [0.25, 0.3) is 10.9 Å². The number of carbonyl (C=O) groups is 2. The Hall–Kier alpha value is -2.30. The second kappa shape index (κ2) is 11.3. The van der Waals surface area contributed by atoms with E-state index in [1.54, 1.807) is 0 Å². The highest BCUT2D eigenvalue weighted by molar-refractivity contribution is 5.85. The molecule has 0 spiro atoms. The summed E-state index contributed by atoms with van der Waals surface area (Å²) in [5, 5.41) is 3.79. The van der Waals surface area contributed by atoms with Gasteiger partial charge in [-0.15, -0.1) is 0 Å². The SMILES string of the molecule is CC(=O)NC(C(N)=O)C(C)C.CCC.Cc1c[nH]c2ccccc12. The van der Waals surface area contributed by atoms with Crippen molar-refractivity contribution in [2.75, 3.05) is 0 Å². The molecule has 2 rings (SSSR count). The summed E-state index contributed by atoms with van der Waals surface area (Å²) >= 11 is 0. The standard InChI is InChI=1S/C9H9N.C7H14N2O2.C3H8/c1-7-6-10-9-5-3-2-4-8(7)9;1-4(2)6(7(8)11)9-5(3)10;1-3-2/h2-6,10H,1H3;4,6H,1-3H3,(H2,8,11)(H,9,10);3H2,1-2H3. The molecule has 2 aromatic rings. The summed E-state index contributed by atoms with van der Waals surface area (Å²) in [6.45, 7) is 11.4. The first-order valence-electron chi connectivity index (χ1n) is 8.33. The number of nitrogens with one attached hydrogen (secondary N) is 2. The van der Waals surface area contributed by atoms with Gasteiger partial charge in [-0.1, -0.05) is 52.3 Å². The van der Waals surface area contributed by atoms with Crippen LogP contribution in [0.5, 0.6) is 0 Å². The van der Waals surface area contributed by atoms with Gasteiger partial charge in [0.2, 0.25) is 11.8 Å². The minimum atomic E-state index is -0.549. The van der Waals surface area contributed by atoms with Gasteiger partial charge in [-0.25, -0.2) is 0 Å². The highest BCUT2D eigenvalue weighted by atomic mass is 16.2. The van der Waals surface area contributed by atoms with E-state index < -0.39 is 11.9 Å². The third-order valence-corrected chi connectivity index (χ3v) is 3.13. The molecule has 24 heavy (non-hydrogen) atoms. The van der Waals surface area contributed by atoms with Crippen molar-refractivity contribution in [3.8, 4) is 0 Å². The van der Waals surface area contributed by atoms with Gasteiger partial charge >= 0.3 is 0 Å². The van der Waals surface area contributed by atoms with E-state index in [-0.39, 0.29) is 11.8 Å². The number of H-pyrrole nitrogens is 1. The fourth-order valence-corrected chi connectivity index (χ4v) is 2.00. The molecular formula is C19H31N3O2. The number of hydrogen-bond acceptors (Lipinski definition) is 2. The Labute approximate surface area is 145 Å². The second-order valence-electron chi connectivity index (χ2n) is 6.05. The normalized spacial score (nSPS) is 11.0. The average molecular weight is 333 g/mol. The van der Waals surface area contributed by atoms with E-state index in [1.165, 1.54) is 29.8 Å². The highest BCUT2D eigenvalue weighted by Gasteiger charge is 2.19. The van der Waals surface area contributed by atoms with Crippen LogP contribution in [-0.4, -0.2) is 22.8 Å². The molecule has 1 heterocycles. The molecule has 1 aromatic heterocycles. The third kappa shape index (κ3) is 7.81. The van der Waals surface area contributed by atoms with Crippen molar-refractivity contribution in [1.82, 2.24) is 10.3 Å². The van der Waals surface area contributed by atoms with Gasteiger partial charge in [-0.05, 0) is 24.5 Å². The van der Waals surface area contributed by atoms with Gasteiger partial charge in [0.1, 0.15) is 6.04 Å². The molecule has 5 heteroatoms. The van der Waals surface area contributed by atoms with Gasteiger partial charge in [0.25, 0.3) is 0 Å². The van der Waals surface area contributed by atoms with Crippen molar-refractivity contribution in [3.05, 3.63) is 36.0 Å². The molecule has 0 radical (unpaired) electrons. The summed E-state index contributed by atoms with van der Waals surface area (Å²) in [6.07, 6.45) is 3.28. The average Bonchev–Trinajstić information content (AvgIpc) is 2.88. The summed E-state index contributed by atoms with van der Waals surface area (Å²) < 4.78 is 0. The molecule has 1 atom stereocenters. The van der Waals surface area contributed by atoms with E-state index in [0.717, 1.165) is 0 Å². The number of aromatic amines is 1. The number of amides is 2. The Morgan fingerprint density at radius 3 is 2.12 bits per heavy atom. The molecule has 0 bridgehead atoms. The van der Waals surface area contributed by atoms with E-state index in [2.05, 4.69) is 49.3 Å². The Kier molecular flexibility index (Phi) is 10.2. The highest BCUT2D eigenvalue weighted by Crippen LogP contribution is 2.15. The third-order valence-electron chi connectivity index (χ3n) is 3.13. The minimum absolute atomic E-state index is 0.0383. The fourth-order valence-electron chi connectivity index (χ4n) is 2.00. The lowest BCUT2D eigenvalue weighted by Gasteiger charge is -2.17. The molecule has 0 aliphatic heterocycles. The number of primary amides is 1. The van der Waals surface area contributed by atoms with Gasteiger partial charge in [-0.3, -0.25) is 9.59 Å². The maximum absolute atomic E-state index is 10.7. The van der Waals surface area contributed by atoms with Gasteiger partial charge in [0.05, 0.1) is 0 Å². The van der Waals surface area contributed by atoms with E-state index in [1.807, 2.05) is 26.1 Å². The Bertz CT molecular complexity index is 632. The molecule has 1 unspecified atom stereocenters. The van der Waals surface area contributed by atoms with Crippen LogP contribution in [0.2, 0.25) is 0 Å². The molecule has 4 N–H and O–H groups in total. The summed E-state index contributed by atoms with van der Waals surface area (Å²) in [4.78, 5) is 24.4. The molecule has 5 nitrogen and oxygen atoms in total. The first-order valence-corrected chi connectivity index (χ1v) is 8.33. The fraction of sp³-hybridized carbons (Fsp3) is 0.474. The summed E-state index contributed by atoms with van der Waals surface area (Å²) in [5.41, 5.74) is 7.57. The van der Waals surface area contributed by atoms with Crippen molar-refractivity contribution in [1.29, 1.82) is 0 Å². The molecule has 1 aromatic carbocycles. The zero-order valence-corrected chi connectivity index (χ0v) is 15.6. The van der Waals surface area contributed by atoms with E-state index in [0.29, 0.717) is 0 Å². The van der Waals surface area contributed by atoms with Crippen LogP contribution in [0.15, 0.2) is 30.5 Å². The smallest absolute Gasteiger partial charge is 0.240 e. The van der Waals surface area contributed by atoms with Crippen LogP contribution in [0.1, 0.15) is 46.6 Å². The first-order chi connectivity index (χ1) is 11.2. The summed E-state index contributed by atoms with van der Waals surface area (Å²) in [6, 6.07) is 7.76. The zero-order chi connectivity index (χ0) is 18.7. The molecule has 0 aliphatic carbocycles. The number of aryl methyl sites for hydroxylation is 1. The molecule has 2 amide bonds. The van der Waals surface area contributed by atoms with Crippen LogP contribution in [0.3, 0.4) is 0 Å². The monoisotopic (exact) mass is 333 g/mol. The Balaban J connectivity index is 0.000000380. The lowest BCUT2D eigenvalue weighted by Crippen LogP contribution is -2.46. The number of para-hydroxylation sites is 1. The molecule has 134 valence electrons. The Morgan fingerprint density at radius 2 is 1.75 bits per heavy atom. The lowest BCUT2D eigenvalue weighted by molar-refractivity contribution is -0.127. The number of carbonyl (C=O) groups excluding carboxylic acids is 2. The topological polar surface area (TPSA) is 88.0 Å². The van der Waals surface area contributed by atoms with Gasteiger partial charge in [0.15, 0.2) is 0 Å². The number of hydrogen-bond donors (Lipinski definition) is 3. The van der Waals surface area contributed by atoms with Gasteiger partial charge in [-0.2, -0.15) is 0 Å². The zero-order valence-electron chi connectivity index (χ0n) is 15.6. The quantitative estimate of drug-likeness (QED) is 0.802. The number of aromatic nitrogens is 1. The maximum atomic E-state index is 10.7. The van der Waals surface area contributed by atoms with Gasteiger partial charge in [0, 0.05) is 24.0 Å². The predicted molar refractivity (Wildman–Crippen MR) is 101 cm³/mol. The molecular weight excluding hydrogens is 302 g/mol. The second-order valence-corrected chi connectivity index (χ2v) is 6.05. The van der Waals surface area contributed by atoms with Crippen molar-refractivity contribution < 1.29 is 9.59 Å². The first kappa shape index (κ1) is 21.7. The lowest BCUT2D eigenvalue weighted by atomic mass is 10.0. The Morgan fingerprint density at radius 1 is 1.21 bits per heavy atom. The maximum Gasteiger partial charge on any atom is 0.240 e. The van der Waals surface area contributed by atoms with Crippen molar-refractivity contribution in [2.45, 2.75) is 54.0 Å². The predicted octanol–water partition coefficient (Wildman–Crippen LogP) is 3.53. The van der Waals surface area contributed by atoms with Crippen molar-refractivity contribution in [3.63, 3.8) is 0 Å². The van der Waals surface area contributed by atoms with Crippen LogP contribution >= 0.6 is 0 Å². The largest absolute Gasteiger partial charge is 0.368 e. The van der Waals surface area contributed by atoms with Crippen molar-refractivity contribution in [2.24, 2.45) is 11.7 Å². The van der Waals surface area contributed by atoms with Gasteiger partial charge < -0.3 is 16.0 Å². The van der Waals surface area contributed by atoms with Crippen molar-refractivity contribution >= 4 is 22.7 Å². The number of fused-ring (bicyclic) bond motifs is 1. The summed E-state index contributed by atoms with van der Waals surface area (Å²) in [5.74, 6) is -0.686. The van der Waals surface area contributed by atoms with Crippen LogP contribution in [0.4, 0.5) is 0 Å². The van der Waals surface area contributed by atoms with Crippen LogP contribution < -0.4 is 11.1 Å². The van der Waals surface area contributed by atoms with Crippen LogP contribution in [0, 0.1) is 12.8 Å². The van der Waals surface area contributed by atoms with E-state index in [4.69, 9.17) is 5.73 Å². The van der Waals surface area contributed by atoms with Crippen LogP contribution in [-0.2, 0) is 9.59 Å². The van der Waals surface area contributed by atoms with E-state index >= 15 is 0 Å². The molecule has 0 saturated heterocycles. The molecule has 0 saturated carbocycles. The van der Waals surface area contributed by atoms with E-state index in [9.17, 15) is 9.59 Å². The number of rotatable bonds is 3. The minimum Gasteiger partial charge on any atom is -0.368 e. The number of nitrogens with two attached hydrogens (primary N) is 1.